The molecule has 0 aromatic carbocycles. The van der Waals surface area contributed by atoms with Crippen molar-refractivity contribution in [3.05, 3.63) is 25.3 Å². The quantitative estimate of drug-likeness (QED) is 0.0932. The zero-order chi connectivity index (χ0) is 26.7. The first-order chi connectivity index (χ1) is 17.6. The van der Waals surface area contributed by atoms with E-state index in [-0.39, 0.29) is 11.8 Å². The molecule has 0 aliphatic rings. The fraction of sp³-hybridized carbons (Fsp3) is 0.800. The Hall–Kier alpha value is -1.66. The normalized spacial score (nSPS) is 10.8. The van der Waals surface area contributed by atoms with E-state index in [4.69, 9.17) is 9.47 Å². The number of hydrogen-bond donors (Lipinski definition) is 0. The number of allylic oxidation sites excluding steroid dienone is 2. The molecule has 0 heterocycles. The number of rotatable bonds is 27. The van der Waals surface area contributed by atoms with Gasteiger partial charge in [0.15, 0.2) is 0 Å². The maximum absolute atomic E-state index is 12.9. The van der Waals surface area contributed by atoms with Gasteiger partial charge in [-0.05, 0) is 38.5 Å². The summed E-state index contributed by atoms with van der Waals surface area (Å²) in [7, 11) is 3.31. The molecule has 210 valence electrons. The van der Waals surface area contributed by atoms with E-state index in [1.54, 1.807) is 14.2 Å². The van der Waals surface area contributed by atoms with Crippen LogP contribution in [0.25, 0.3) is 0 Å². The van der Waals surface area contributed by atoms with Crippen molar-refractivity contribution in [1.82, 2.24) is 9.80 Å². The zero-order valence-corrected chi connectivity index (χ0v) is 23.7. The Kier molecular flexibility index (Phi) is 25.2. The average Bonchev–Trinajstić information content (AvgIpc) is 2.88. The monoisotopic (exact) mass is 508 g/mol. The van der Waals surface area contributed by atoms with Gasteiger partial charge < -0.3 is 19.3 Å². The van der Waals surface area contributed by atoms with Crippen molar-refractivity contribution >= 4 is 11.8 Å². The Morgan fingerprint density at radius 1 is 0.556 bits per heavy atom. The molecule has 36 heavy (non-hydrogen) atoms. The first-order valence-electron chi connectivity index (χ1n) is 14.4. The Bertz CT molecular complexity index is 505. The van der Waals surface area contributed by atoms with Crippen LogP contribution in [0.15, 0.2) is 25.3 Å². The van der Waals surface area contributed by atoms with Crippen LogP contribution in [0, 0.1) is 0 Å². The summed E-state index contributed by atoms with van der Waals surface area (Å²) in [6.07, 6.45) is 21.0. The summed E-state index contributed by atoms with van der Waals surface area (Å²) >= 11 is 0. The average molecular weight is 509 g/mol. The van der Waals surface area contributed by atoms with Gasteiger partial charge in [-0.15, -0.1) is 13.2 Å². The van der Waals surface area contributed by atoms with Crippen molar-refractivity contribution in [2.45, 2.75) is 103 Å². The highest BCUT2D eigenvalue weighted by atomic mass is 16.5. The summed E-state index contributed by atoms with van der Waals surface area (Å²) in [5, 5.41) is 0. The number of amides is 2. The molecular weight excluding hydrogens is 452 g/mol. The van der Waals surface area contributed by atoms with Crippen LogP contribution in [0.3, 0.4) is 0 Å². The van der Waals surface area contributed by atoms with Gasteiger partial charge in [-0.25, -0.2) is 0 Å². The first-order valence-corrected chi connectivity index (χ1v) is 14.4. The largest absolute Gasteiger partial charge is 0.383 e. The van der Waals surface area contributed by atoms with Crippen LogP contribution in [0.2, 0.25) is 0 Å². The van der Waals surface area contributed by atoms with Crippen molar-refractivity contribution in [2.75, 3.05) is 53.6 Å². The van der Waals surface area contributed by atoms with Gasteiger partial charge in [-0.2, -0.15) is 0 Å². The Balaban J connectivity index is 4.45. The highest BCUT2D eigenvalue weighted by Gasteiger charge is 2.18. The summed E-state index contributed by atoms with van der Waals surface area (Å²) < 4.78 is 10.5. The number of nitrogens with zero attached hydrogens (tertiary/aromatic N) is 2. The molecule has 0 radical (unpaired) electrons. The van der Waals surface area contributed by atoms with E-state index in [1.165, 1.54) is 51.4 Å². The molecule has 0 aromatic rings. The molecule has 0 unspecified atom stereocenters. The van der Waals surface area contributed by atoms with Crippen LogP contribution in [0.4, 0.5) is 0 Å². The molecule has 0 aromatic heterocycles. The fourth-order valence-corrected chi connectivity index (χ4v) is 4.23. The number of carbonyl (C=O) groups excluding carboxylic acids is 2. The van der Waals surface area contributed by atoms with Gasteiger partial charge in [0.1, 0.15) is 0 Å². The Morgan fingerprint density at radius 2 is 0.889 bits per heavy atom. The van der Waals surface area contributed by atoms with Crippen LogP contribution in [0.1, 0.15) is 103 Å². The second-order valence-electron chi connectivity index (χ2n) is 9.64. The summed E-state index contributed by atoms with van der Waals surface area (Å²) in [4.78, 5) is 29.5. The topological polar surface area (TPSA) is 59.1 Å². The summed E-state index contributed by atoms with van der Waals surface area (Å²) in [5.74, 6) is 0.323. The number of unbranched alkanes of at least 4 members (excludes halogenated alkanes) is 12. The third kappa shape index (κ3) is 20.5. The van der Waals surface area contributed by atoms with E-state index in [1.807, 2.05) is 22.0 Å². The third-order valence-electron chi connectivity index (χ3n) is 6.57. The second-order valence-corrected chi connectivity index (χ2v) is 9.64. The van der Waals surface area contributed by atoms with Gasteiger partial charge in [0.05, 0.1) is 13.2 Å². The van der Waals surface area contributed by atoms with Crippen molar-refractivity contribution in [2.24, 2.45) is 0 Å². The molecule has 0 aliphatic heterocycles. The maximum atomic E-state index is 12.9. The van der Waals surface area contributed by atoms with Crippen LogP contribution < -0.4 is 0 Å². The van der Waals surface area contributed by atoms with Gasteiger partial charge in [0.25, 0.3) is 0 Å². The lowest BCUT2D eigenvalue weighted by atomic mass is 10.1. The van der Waals surface area contributed by atoms with Crippen LogP contribution >= 0.6 is 0 Å². The summed E-state index contributed by atoms with van der Waals surface area (Å²) in [5.41, 5.74) is 0. The molecule has 0 spiro atoms. The number of hydrogen-bond acceptors (Lipinski definition) is 4. The lowest BCUT2D eigenvalue weighted by Crippen LogP contribution is -2.43. The van der Waals surface area contributed by atoms with Crippen LogP contribution in [-0.4, -0.2) is 75.2 Å². The summed E-state index contributed by atoms with van der Waals surface area (Å²) in [6.45, 7) is 10.8. The third-order valence-corrected chi connectivity index (χ3v) is 6.57. The van der Waals surface area contributed by atoms with Crippen LogP contribution in [0.5, 0.6) is 0 Å². The molecule has 0 bridgehead atoms. The first kappa shape index (κ1) is 34.3. The zero-order valence-electron chi connectivity index (χ0n) is 23.7. The molecule has 0 aliphatic carbocycles. The van der Waals surface area contributed by atoms with Gasteiger partial charge in [-0.1, -0.05) is 63.5 Å². The molecule has 0 saturated carbocycles. The molecule has 0 fully saturated rings. The van der Waals surface area contributed by atoms with Crippen LogP contribution in [-0.2, 0) is 19.1 Å². The van der Waals surface area contributed by atoms with E-state index >= 15 is 0 Å². The van der Waals surface area contributed by atoms with E-state index < -0.39 is 0 Å². The van der Waals surface area contributed by atoms with Crippen molar-refractivity contribution < 1.29 is 19.1 Å². The minimum atomic E-state index is 0.161. The molecule has 2 amide bonds. The SMILES string of the molecule is C=CCCCCCCCCC(=O)N(CCOC)CCN(CCOC)C(=O)CCCCCCCCC=C. The standard InChI is InChI=1S/C30H56N2O4/c1-5-7-9-11-13-15-17-19-21-29(33)31(25-27-35-3)23-24-32(26-28-36-4)30(34)22-20-18-16-14-12-10-8-6-2/h5-6H,1-2,7-28H2,3-4H3. The molecule has 0 rings (SSSR count). The van der Waals surface area contributed by atoms with Gasteiger partial charge in [0.2, 0.25) is 11.8 Å². The number of carbonyl (C=O) groups is 2. The van der Waals surface area contributed by atoms with Crippen molar-refractivity contribution in [1.29, 1.82) is 0 Å². The Labute approximate surface area is 222 Å². The predicted octanol–water partition coefficient (Wildman–Crippen LogP) is 6.55. The molecule has 6 heteroatoms. The molecule has 0 N–H and O–H groups in total. The Morgan fingerprint density at radius 3 is 1.22 bits per heavy atom. The number of ether oxygens (including phenoxy) is 2. The molecular formula is C30H56N2O4. The van der Waals surface area contributed by atoms with Gasteiger partial charge in [0, 0.05) is 53.2 Å². The minimum Gasteiger partial charge on any atom is -0.383 e. The lowest BCUT2D eigenvalue weighted by molar-refractivity contribution is -0.136. The smallest absolute Gasteiger partial charge is 0.222 e. The van der Waals surface area contributed by atoms with E-state index in [0.29, 0.717) is 52.2 Å². The van der Waals surface area contributed by atoms with Gasteiger partial charge >= 0.3 is 0 Å². The highest BCUT2D eigenvalue weighted by molar-refractivity contribution is 5.77. The predicted molar refractivity (Wildman–Crippen MR) is 151 cm³/mol. The van der Waals surface area contributed by atoms with E-state index in [2.05, 4.69) is 13.2 Å². The fourth-order valence-electron chi connectivity index (χ4n) is 4.23. The van der Waals surface area contributed by atoms with Crippen molar-refractivity contribution in [3.8, 4) is 0 Å². The highest BCUT2D eigenvalue weighted by Crippen LogP contribution is 2.12. The van der Waals surface area contributed by atoms with E-state index in [0.717, 1.165) is 38.5 Å². The summed E-state index contributed by atoms with van der Waals surface area (Å²) in [6, 6.07) is 0. The lowest BCUT2D eigenvalue weighted by Gasteiger charge is -2.28. The minimum absolute atomic E-state index is 0.161. The molecule has 0 saturated heterocycles. The van der Waals surface area contributed by atoms with Crippen molar-refractivity contribution in [3.63, 3.8) is 0 Å². The molecule has 0 atom stereocenters. The van der Waals surface area contributed by atoms with E-state index in [9.17, 15) is 9.59 Å². The second kappa shape index (κ2) is 26.4. The number of methoxy groups -OCH3 is 2. The van der Waals surface area contributed by atoms with Gasteiger partial charge in [-0.3, -0.25) is 9.59 Å². The molecule has 6 nitrogen and oxygen atoms in total. The maximum Gasteiger partial charge on any atom is 0.222 e.